The van der Waals surface area contributed by atoms with E-state index in [0.29, 0.717) is 17.0 Å². The molecule has 3 rings (SSSR count). The van der Waals surface area contributed by atoms with Gasteiger partial charge >= 0.3 is 5.97 Å². The molecule has 1 saturated carbocycles. The van der Waals surface area contributed by atoms with Gasteiger partial charge in [-0.05, 0) is 57.4 Å². The fourth-order valence-corrected chi connectivity index (χ4v) is 3.98. The maximum absolute atomic E-state index is 13.4. The molecule has 1 aliphatic carbocycles. The van der Waals surface area contributed by atoms with Crippen LogP contribution in [0.5, 0.6) is 5.75 Å². The molecule has 0 saturated heterocycles. The zero-order valence-electron chi connectivity index (χ0n) is 17.6. The Morgan fingerprint density at radius 3 is 2.28 bits per heavy atom. The average molecular weight is 395 g/mol. The molecule has 1 N–H and O–H groups in total. The Bertz CT molecular complexity index is 880. The molecule has 0 radical (unpaired) electrons. The summed E-state index contributed by atoms with van der Waals surface area (Å²) in [5, 5.41) is 3.04. The zero-order valence-corrected chi connectivity index (χ0v) is 17.6. The Hall–Kier alpha value is -2.82. The molecule has 0 spiro atoms. The smallest absolute Gasteiger partial charge is 0.341 e. The maximum atomic E-state index is 13.4. The number of esters is 1. The third-order valence-corrected chi connectivity index (χ3v) is 5.50. The van der Waals surface area contributed by atoms with Crippen molar-refractivity contribution in [3.05, 3.63) is 59.2 Å². The van der Waals surface area contributed by atoms with Gasteiger partial charge in [0.1, 0.15) is 11.3 Å². The van der Waals surface area contributed by atoms with Crippen LogP contribution in [-0.2, 0) is 14.9 Å². The molecular formula is C24H29NO4. The fraction of sp³-hybridized carbons (Fsp3) is 0.417. The summed E-state index contributed by atoms with van der Waals surface area (Å²) in [5.74, 6) is -0.0861. The van der Waals surface area contributed by atoms with Gasteiger partial charge in [-0.2, -0.15) is 0 Å². The number of hydrogen-bond acceptors (Lipinski definition) is 4. The van der Waals surface area contributed by atoms with E-state index in [1.807, 2.05) is 20.8 Å². The molecule has 2 aromatic rings. The number of rotatable bonds is 6. The SMILES string of the molecule is COC(=O)c1cc(NC(=O)C2(c3ccc(C)cc3)CCCC2)ccc1OC(C)C. The molecule has 29 heavy (non-hydrogen) atoms. The third kappa shape index (κ3) is 4.44. The summed E-state index contributed by atoms with van der Waals surface area (Å²) in [6.45, 7) is 5.82. The largest absolute Gasteiger partial charge is 0.490 e. The van der Waals surface area contributed by atoms with E-state index in [4.69, 9.17) is 9.47 Å². The number of benzene rings is 2. The van der Waals surface area contributed by atoms with E-state index >= 15 is 0 Å². The third-order valence-electron chi connectivity index (χ3n) is 5.50. The van der Waals surface area contributed by atoms with Gasteiger partial charge < -0.3 is 14.8 Å². The standard InChI is InChI=1S/C24H29NO4/c1-16(2)29-21-12-11-19(15-20(21)22(26)28-4)25-23(27)24(13-5-6-14-24)18-9-7-17(3)8-10-18/h7-12,15-16H,5-6,13-14H2,1-4H3,(H,25,27). The van der Waals surface area contributed by atoms with E-state index in [0.717, 1.165) is 31.2 Å². The van der Waals surface area contributed by atoms with Crippen LogP contribution in [0.4, 0.5) is 5.69 Å². The average Bonchev–Trinajstić information content (AvgIpc) is 3.20. The molecule has 5 nitrogen and oxygen atoms in total. The lowest BCUT2D eigenvalue weighted by molar-refractivity contribution is -0.121. The molecule has 1 fully saturated rings. The lowest BCUT2D eigenvalue weighted by atomic mass is 9.77. The Balaban J connectivity index is 1.90. The van der Waals surface area contributed by atoms with Gasteiger partial charge in [0.05, 0.1) is 18.6 Å². The number of hydrogen-bond donors (Lipinski definition) is 1. The van der Waals surface area contributed by atoms with E-state index in [9.17, 15) is 9.59 Å². The zero-order chi connectivity index (χ0) is 21.0. The van der Waals surface area contributed by atoms with Crippen molar-refractivity contribution >= 4 is 17.6 Å². The predicted molar refractivity (Wildman–Crippen MR) is 114 cm³/mol. The molecule has 2 aromatic carbocycles. The molecule has 1 aliphatic rings. The van der Waals surface area contributed by atoms with Crippen molar-refractivity contribution in [2.75, 3.05) is 12.4 Å². The molecular weight excluding hydrogens is 366 g/mol. The van der Waals surface area contributed by atoms with E-state index in [2.05, 4.69) is 29.6 Å². The highest BCUT2D eigenvalue weighted by molar-refractivity contribution is 6.01. The molecule has 0 aliphatic heterocycles. The van der Waals surface area contributed by atoms with Gasteiger partial charge in [0, 0.05) is 5.69 Å². The number of carbonyl (C=O) groups excluding carboxylic acids is 2. The summed E-state index contributed by atoms with van der Waals surface area (Å²) in [5.41, 5.74) is 2.54. The van der Waals surface area contributed by atoms with Crippen LogP contribution in [-0.4, -0.2) is 25.1 Å². The van der Waals surface area contributed by atoms with Crippen LogP contribution in [0.2, 0.25) is 0 Å². The molecule has 1 amide bonds. The summed E-state index contributed by atoms with van der Waals surface area (Å²) in [6, 6.07) is 13.3. The normalized spacial score (nSPS) is 15.2. The van der Waals surface area contributed by atoms with Crippen LogP contribution < -0.4 is 10.1 Å². The van der Waals surface area contributed by atoms with Crippen LogP contribution >= 0.6 is 0 Å². The quantitative estimate of drug-likeness (QED) is 0.698. The van der Waals surface area contributed by atoms with Crippen molar-refractivity contribution in [1.29, 1.82) is 0 Å². The van der Waals surface area contributed by atoms with Crippen molar-refractivity contribution in [1.82, 2.24) is 0 Å². The molecule has 0 atom stereocenters. The second-order valence-electron chi connectivity index (χ2n) is 7.98. The number of methoxy groups -OCH3 is 1. The molecule has 0 aromatic heterocycles. The first-order valence-corrected chi connectivity index (χ1v) is 10.1. The fourth-order valence-electron chi connectivity index (χ4n) is 3.98. The van der Waals surface area contributed by atoms with Gasteiger partial charge in [-0.15, -0.1) is 0 Å². The van der Waals surface area contributed by atoms with Crippen LogP contribution in [0.15, 0.2) is 42.5 Å². The first-order chi connectivity index (χ1) is 13.9. The summed E-state index contributed by atoms with van der Waals surface area (Å²) in [6.07, 6.45) is 3.61. The summed E-state index contributed by atoms with van der Waals surface area (Å²) in [4.78, 5) is 25.6. The topological polar surface area (TPSA) is 64.6 Å². The van der Waals surface area contributed by atoms with E-state index in [-0.39, 0.29) is 12.0 Å². The minimum atomic E-state index is -0.535. The van der Waals surface area contributed by atoms with Gasteiger partial charge in [0.25, 0.3) is 0 Å². The summed E-state index contributed by atoms with van der Waals surface area (Å²) in [7, 11) is 1.33. The molecule has 0 bridgehead atoms. The second-order valence-corrected chi connectivity index (χ2v) is 7.98. The van der Waals surface area contributed by atoms with Crippen LogP contribution in [0, 0.1) is 6.92 Å². The molecule has 0 unspecified atom stereocenters. The van der Waals surface area contributed by atoms with Gasteiger partial charge in [0.15, 0.2) is 0 Å². The first kappa shape index (κ1) is 20.9. The number of ether oxygens (including phenoxy) is 2. The summed E-state index contributed by atoms with van der Waals surface area (Å²) < 4.78 is 10.6. The van der Waals surface area contributed by atoms with Crippen LogP contribution in [0.25, 0.3) is 0 Å². The van der Waals surface area contributed by atoms with Crippen molar-refractivity contribution < 1.29 is 19.1 Å². The number of carbonyl (C=O) groups is 2. The Labute approximate surface area is 172 Å². The van der Waals surface area contributed by atoms with E-state index in [1.54, 1.807) is 18.2 Å². The van der Waals surface area contributed by atoms with Crippen LogP contribution in [0.1, 0.15) is 61.0 Å². The number of amides is 1. The highest BCUT2D eigenvalue weighted by atomic mass is 16.5. The van der Waals surface area contributed by atoms with Crippen molar-refractivity contribution in [2.24, 2.45) is 0 Å². The number of aryl methyl sites for hydroxylation is 1. The van der Waals surface area contributed by atoms with Crippen molar-refractivity contribution in [3.8, 4) is 5.75 Å². The highest BCUT2D eigenvalue weighted by Gasteiger charge is 2.42. The van der Waals surface area contributed by atoms with E-state index < -0.39 is 11.4 Å². The minimum absolute atomic E-state index is 0.0350. The summed E-state index contributed by atoms with van der Waals surface area (Å²) >= 11 is 0. The second kappa shape index (κ2) is 8.68. The molecule has 0 heterocycles. The van der Waals surface area contributed by atoms with Crippen LogP contribution in [0.3, 0.4) is 0 Å². The van der Waals surface area contributed by atoms with Gasteiger partial charge in [-0.1, -0.05) is 42.7 Å². The van der Waals surface area contributed by atoms with Gasteiger partial charge in [0.2, 0.25) is 5.91 Å². The van der Waals surface area contributed by atoms with E-state index in [1.165, 1.54) is 12.7 Å². The molecule has 154 valence electrons. The lowest BCUT2D eigenvalue weighted by Crippen LogP contribution is -2.38. The maximum Gasteiger partial charge on any atom is 0.341 e. The Kier molecular flexibility index (Phi) is 6.26. The predicted octanol–water partition coefficient (Wildman–Crippen LogP) is 5.02. The number of anilines is 1. The van der Waals surface area contributed by atoms with Gasteiger partial charge in [-0.3, -0.25) is 4.79 Å². The number of nitrogens with one attached hydrogen (secondary N) is 1. The molecule has 5 heteroatoms. The van der Waals surface area contributed by atoms with Crippen molar-refractivity contribution in [3.63, 3.8) is 0 Å². The lowest BCUT2D eigenvalue weighted by Gasteiger charge is -2.28. The Morgan fingerprint density at radius 1 is 1.03 bits per heavy atom. The van der Waals surface area contributed by atoms with Gasteiger partial charge in [-0.25, -0.2) is 4.79 Å². The minimum Gasteiger partial charge on any atom is -0.490 e. The monoisotopic (exact) mass is 395 g/mol. The van der Waals surface area contributed by atoms with Crippen molar-refractivity contribution in [2.45, 2.75) is 58.0 Å². The highest BCUT2D eigenvalue weighted by Crippen LogP contribution is 2.42. The first-order valence-electron chi connectivity index (χ1n) is 10.1. The Morgan fingerprint density at radius 2 is 1.69 bits per heavy atom.